The van der Waals surface area contributed by atoms with Gasteiger partial charge in [0.15, 0.2) is 6.23 Å². The number of aromatic amines is 1. The molecule has 1 aliphatic rings. The molecule has 0 aromatic carbocycles. The molecule has 8 nitrogen and oxygen atoms in total. The number of aliphatic carboxylic acids is 1. The molecule has 1 aromatic rings. The Hall–Kier alpha value is -1.93. The van der Waals surface area contributed by atoms with Crippen molar-refractivity contribution in [2.24, 2.45) is 0 Å². The summed E-state index contributed by atoms with van der Waals surface area (Å²) in [4.78, 5) is 40.5. The number of nitrogens with one attached hydrogen (secondary N) is 2. The topological polar surface area (TPSA) is 113 Å². The molecule has 3 N–H and O–H groups in total. The Labute approximate surface area is 94.8 Å². The van der Waals surface area contributed by atoms with Gasteiger partial charge in [0.05, 0.1) is 0 Å². The van der Waals surface area contributed by atoms with Crippen molar-refractivity contribution in [3.63, 3.8) is 0 Å². The van der Waals surface area contributed by atoms with Crippen molar-refractivity contribution in [1.29, 1.82) is 0 Å². The van der Waals surface area contributed by atoms with Gasteiger partial charge in [-0.2, -0.15) is 5.48 Å². The molecule has 8 heteroatoms. The predicted molar refractivity (Wildman–Crippen MR) is 55.4 cm³/mol. The number of carboxylic acids is 1. The Morgan fingerprint density at radius 3 is 2.88 bits per heavy atom. The molecule has 1 saturated heterocycles. The summed E-state index contributed by atoms with van der Waals surface area (Å²) in [5, 5.41) is 8.76. The first-order valence-electron chi connectivity index (χ1n) is 4.95. The van der Waals surface area contributed by atoms with Crippen LogP contribution in [-0.2, 0) is 9.63 Å². The van der Waals surface area contributed by atoms with Crippen LogP contribution in [0.1, 0.15) is 18.2 Å². The van der Waals surface area contributed by atoms with Gasteiger partial charge in [0.2, 0.25) is 0 Å². The van der Waals surface area contributed by atoms with Crippen LogP contribution < -0.4 is 16.7 Å². The predicted octanol–water partition coefficient (Wildman–Crippen LogP) is -1.28. The molecule has 1 aromatic heterocycles. The van der Waals surface area contributed by atoms with E-state index in [0.717, 1.165) is 4.57 Å². The van der Waals surface area contributed by atoms with Crippen LogP contribution in [0.2, 0.25) is 0 Å². The summed E-state index contributed by atoms with van der Waals surface area (Å²) in [6, 6.07) is -0.862. The van der Waals surface area contributed by atoms with Crippen LogP contribution in [0, 0.1) is 6.92 Å². The second kappa shape index (κ2) is 4.15. The molecule has 0 saturated carbocycles. The molecule has 92 valence electrons. The number of carboxylic acid groups (broad SMARTS) is 1. The number of rotatable bonds is 2. The van der Waals surface area contributed by atoms with Crippen LogP contribution in [0.4, 0.5) is 0 Å². The number of aryl methyl sites for hydroxylation is 1. The van der Waals surface area contributed by atoms with Gasteiger partial charge < -0.3 is 5.11 Å². The molecule has 0 unspecified atom stereocenters. The molecule has 1 aliphatic heterocycles. The summed E-state index contributed by atoms with van der Waals surface area (Å²) in [7, 11) is 0. The first-order chi connectivity index (χ1) is 7.99. The highest BCUT2D eigenvalue weighted by Crippen LogP contribution is 2.19. The van der Waals surface area contributed by atoms with Crippen LogP contribution in [0.25, 0.3) is 0 Å². The Balaban J connectivity index is 2.31. The van der Waals surface area contributed by atoms with Crippen molar-refractivity contribution in [2.45, 2.75) is 25.6 Å². The fourth-order valence-electron chi connectivity index (χ4n) is 1.58. The van der Waals surface area contributed by atoms with E-state index in [-0.39, 0.29) is 6.42 Å². The minimum absolute atomic E-state index is 0.112. The van der Waals surface area contributed by atoms with E-state index < -0.39 is 29.5 Å². The summed E-state index contributed by atoms with van der Waals surface area (Å²) in [5.41, 5.74) is 1.58. The van der Waals surface area contributed by atoms with Crippen molar-refractivity contribution in [3.05, 3.63) is 32.6 Å². The molecule has 2 atom stereocenters. The molecular formula is C9H11N3O5. The highest BCUT2D eigenvalue weighted by Gasteiger charge is 2.32. The van der Waals surface area contributed by atoms with Gasteiger partial charge in [0.1, 0.15) is 6.04 Å². The quantitative estimate of drug-likeness (QED) is 0.594. The fourth-order valence-corrected chi connectivity index (χ4v) is 1.58. The largest absolute Gasteiger partial charge is 0.480 e. The van der Waals surface area contributed by atoms with Crippen molar-refractivity contribution < 1.29 is 14.7 Å². The summed E-state index contributed by atoms with van der Waals surface area (Å²) in [6.45, 7) is 1.55. The van der Waals surface area contributed by atoms with Crippen LogP contribution in [-0.4, -0.2) is 26.7 Å². The van der Waals surface area contributed by atoms with Crippen molar-refractivity contribution in [1.82, 2.24) is 15.0 Å². The van der Waals surface area contributed by atoms with E-state index in [1.165, 1.54) is 6.20 Å². The van der Waals surface area contributed by atoms with Gasteiger partial charge in [0.25, 0.3) is 5.56 Å². The van der Waals surface area contributed by atoms with Crippen molar-refractivity contribution in [3.8, 4) is 0 Å². The standard InChI is InChI=1S/C9H11N3O5/c1-4-3-12(9(16)10-7(4)13)6-2-5(8(14)15)11-17-6/h3,5-6,11H,2H2,1H3,(H,14,15)(H,10,13,16)/t5-,6+/m1/s1. The first-order valence-corrected chi connectivity index (χ1v) is 4.95. The van der Waals surface area contributed by atoms with E-state index in [1.807, 2.05) is 0 Å². The second-order valence-corrected chi connectivity index (χ2v) is 3.80. The summed E-state index contributed by atoms with van der Waals surface area (Å²) < 4.78 is 1.16. The van der Waals surface area contributed by atoms with Gasteiger partial charge in [-0.25, -0.2) is 4.79 Å². The molecule has 0 aliphatic carbocycles. The van der Waals surface area contributed by atoms with E-state index in [0.29, 0.717) is 5.56 Å². The van der Waals surface area contributed by atoms with E-state index in [2.05, 4.69) is 10.5 Å². The number of hydrogen-bond donors (Lipinski definition) is 3. The third-order valence-corrected chi connectivity index (χ3v) is 2.54. The number of hydrogen-bond acceptors (Lipinski definition) is 5. The molecule has 2 heterocycles. The van der Waals surface area contributed by atoms with E-state index >= 15 is 0 Å². The maximum Gasteiger partial charge on any atom is 0.330 e. The Morgan fingerprint density at radius 2 is 2.29 bits per heavy atom. The minimum Gasteiger partial charge on any atom is -0.480 e. The smallest absolute Gasteiger partial charge is 0.330 e. The van der Waals surface area contributed by atoms with Gasteiger partial charge in [-0.3, -0.25) is 24.0 Å². The van der Waals surface area contributed by atoms with Crippen LogP contribution >= 0.6 is 0 Å². The molecule has 2 rings (SSSR count). The second-order valence-electron chi connectivity index (χ2n) is 3.80. The van der Waals surface area contributed by atoms with Crippen LogP contribution in [0.3, 0.4) is 0 Å². The monoisotopic (exact) mass is 241 g/mol. The molecule has 0 spiro atoms. The van der Waals surface area contributed by atoms with Crippen LogP contribution in [0.15, 0.2) is 15.8 Å². The number of aromatic nitrogens is 2. The molecule has 17 heavy (non-hydrogen) atoms. The molecule has 1 fully saturated rings. The highest BCUT2D eigenvalue weighted by atomic mass is 16.7. The molecule has 0 radical (unpaired) electrons. The average molecular weight is 241 g/mol. The number of hydroxylamine groups is 1. The van der Waals surface area contributed by atoms with Crippen molar-refractivity contribution >= 4 is 5.97 Å². The zero-order chi connectivity index (χ0) is 12.6. The minimum atomic E-state index is -1.05. The molecular weight excluding hydrogens is 230 g/mol. The van der Waals surface area contributed by atoms with Gasteiger partial charge in [-0.15, -0.1) is 0 Å². The first kappa shape index (κ1) is 11.6. The zero-order valence-electron chi connectivity index (χ0n) is 8.97. The normalized spacial score (nSPS) is 23.8. The van der Waals surface area contributed by atoms with Crippen LogP contribution in [0.5, 0.6) is 0 Å². The maximum absolute atomic E-state index is 11.5. The summed E-state index contributed by atoms with van der Waals surface area (Å²) >= 11 is 0. The fraction of sp³-hybridized carbons (Fsp3) is 0.444. The van der Waals surface area contributed by atoms with E-state index in [1.54, 1.807) is 6.92 Å². The van der Waals surface area contributed by atoms with Gasteiger partial charge in [-0.1, -0.05) is 0 Å². The van der Waals surface area contributed by atoms with Gasteiger partial charge in [0, 0.05) is 18.2 Å². The lowest BCUT2D eigenvalue weighted by Crippen LogP contribution is -2.33. The lowest BCUT2D eigenvalue weighted by molar-refractivity contribution is -0.140. The number of carbonyl (C=O) groups is 1. The van der Waals surface area contributed by atoms with Crippen molar-refractivity contribution in [2.75, 3.05) is 0 Å². The third-order valence-electron chi connectivity index (χ3n) is 2.54. The lowest BCUT2D eigenvalue weighted by atomic mass is 10.2. The maximum atomic E-state index is 11.5. The third kappa shape index (κ3) is 2.12. The number of nitrogens with zero attached hydrogens (tertiary/aromatic N) is 1. The summed E-state index contributed by atoms with van der Waals surface area (Å²) in [5.74, 6) is -1.05. The van der Waals surface area contributed by atoms with Gasteiger partial charge in [-0.05, 0) is 6.92 Å². The lowest BCUT2D eigenvalue weighted by Gasteiger charge is -2.11. The molecule has 0 amide bonds. The van der Waals surface area contributed by atoms with E-state index in [9.17, 15) is 14.4 Å². The Kier molecular flexibility index (Phi) is 2.82. The summed E-state index contributed by atoms with van der Waals surface area (Å²) in [6.07, 6.45) is 0.720. The SMILES string of the molecule is Cc1cn([C@@H]2C[C@H](C(=O)O)NO2)c(=O)[nH]c1=O. The Bertz CT molecular complexity index is 560. The van der Waals surface area contributed by atoms with Gasteiger partial charge >= 0.3 is 11.7 Å². The van der Waals surface area contributed by atoms with E-state index in [4.69, 9.17) is 9.94 Å². The highest BCUT2D eigenvalue weighted by molar-refractivity contribution is 5.73. The molecule has 0 bridgehead atoms. The Morgan fingerprint density at radius 1 is 1.59 bits per heavy atom. The zero-order valence-corrected chi connectivity index (χ0v) is 8.97. The average Bonchev–Trinajstić information content (AvgIpc) is 2.72. The number of H-pyrrole nitrogens is 1.